The van der Waals surface area contributed by atoms with E-state index in [2.05, 4.69) is 10.2 Å². The zero-order valence-corrected chi connectivity index (χ0v) is 7.85. The predicted molar refractivity (Wildman–Crippen MR) is 49.1 cm³/mol. The highest BCUT2D eigenvalue weighted by atomic mass is 19.1. The number of halogens is 1. The number of rotatable bonds is 4. The molecule has 1 aliphatic heterocycles. The fraction of sp³-hybridized carbons (Fsp3) is 1.00. The van der Waals surface area contributed by atoms with Gasteiger partial charge in [-0.25, -0.2) is 4.39 Å². The van der Waals surface area contributed by atoms with Gasteiger partial charge in [0.25, 0.3) is 0 Å². The Labute approximate surface area is 74.1 Å². The van der Waals surface area contributed by atoms with Crippen LogP contribution in [0.1, 0.15) is 19.3 Å². The Kier molecular flexibility index (Phi) is 4.54. The molecule has 1 saturated heterocycles. The molecule has 0 saturated carbocycles. The summed E-state index contributed by atoms with van der Waals surface area (Å²) < 4.78 is 12.7. The lowest BCUT2D eigenvalue weighted by Gasteiger charge is -2.28. The molecule has 2 nitrogen and oxygen atoms in total. The summed E-state index contributed by atoms with van der Waals surface area (Å²) in [6.07, 6.45) is 2.11. The maximum absolute atomic E-state index is 12.7. The van der Waals surface area contributed by atoms with Crippen molar-refractivity contribution in [2.75, 3.05) is 33.2 Å². The summed E-state index contributed by atoms with van der Waals surface area (Å²) in [5, 5.41) is 3.12. The van der Waals surface area contributed by atoms with E-state index in [0.717, 1.165) is 39.0 Å². The lowest BCUT2D eigenvalue weighted by Crippen LogP contribution is -2.35. The third kappa shape index (κ3) is 3.50. The highest BCUT2D eigenvalue weighted by Gasteiger charge is 2.17. The van der Waals surface area contributed by atoms with Crippen molar-refractivity contribution in [3.63, 3.8) is 0 Å². The number of hydrogen-bond acceptors (Lipinski definition) is 2. The van der Waals surface area contributed by atoms with E-state index in [0.29, 0.717) is 0 Å². The molecule has 0 spiro atoms. The van der Waals surface area contributed by atoms with E-state index in [4.69, 9.17) is 0 Å². The van der Waals surface area contributed by atoms with Crippen molar-refractivity contribution in [1.82, 2.24) is 10.2 Å². The SMILES string of the molecule is CNCCCN1CCC(F)CC1. The molecule has 0 amide bonds. The highest BCUT2D eigenvalue weighted by molar-refractivity contribution is 4.71. The Morgan fingerprint density at radius 2 is 2.08 bits per heavy atom. The number of nitrogens with zero attached hydrogens (tertiary/aromatic N) is 1. The van der Waals surface area contributed by atoms with Gasteiger partial charge < -0.3 is 10.2 Å². The van der Waals surface area contributed by atoms with E-state index >= 15 is 0 Å². The van der Waals surface area contributed by atoms with Gasteiger partial charge in [-0.15, -0.1) is 0 Å². The van der Waals surface area contributed by atoms with Crippen molar-refractivity contribution >= 4 is 0 Å². The fourth-order valence-electron chi connectivity index (χ4n) is 1.60. The summed E-state index contributed by atoms with van der Waals surface area (Å²) >= 11 is 0. The standard InChI is InChI=1S/C9H19FN2/c1-11-5-2-6-12-7-3-9(10)4-8-12/h9,11H,2-8H2,1H3. The van der Waals surface area contributed by atoms with Crippen LogP contribution in [-0.2, 0) is 0 Å². The van der Waals surface area contributed by atoms with Gasteiger partial charge in [0.1, 0.15) is 6.17 Å². The molecule has 72 valence electrons. The second kappa shape index (κ2) is 5.49. The summed E-state index contributed by atoms with van der Waals surface area (Å²) in [5.74, 6) is 0. The van der Waals surface area contributed by atoms with Crippen LogP contribution in [-0.4, -0.2) is 44.3 Å². The van der Waals surface area contributed by atoms with Gasteiger partial charge >= 0.3 is 0 Å². The second-order valence-corrected chi connectivity index (χ2v) is 3.47. The van der Waals surface area contributed by atoms with E-state index in [-0.39, 0.29) is 0 Å². The van der Waals surface area contributed by atoms with Crippen molar-refractivity contribution in [3.05, 3.63) is 0 Å². The monoisotopic (exact) mass is 174 g/mol. The van der Waals surface area contributed by atoms with Crippen molar-refractivity contribution in [3.8, 4) is 0 Å². The van der Waals surface area contributed by atoms with Crippen molar-refractivity contribution in [1.29, 1.82) is 0 Å². The summed E-state index contributed by atoms with van der Waals surface area (Å²) in [6.45, 7) is 4.08. The first kappa shape index (κ1) is 9.93. The first-order chi connectivity index (χ1) is 5.83. The number of piperidine rings is 1. The third-order valence-corrected chi connectivity index (χ3v) is 2.42. The zero-order valence-electron chi connectivity index (χ0n) is 7.85. The third-order valence-electron chi connectivity index (χ3n) is 2.42. The second-order valence-electron chi connectivity index (χ2n) is 3.47. The minimum Gasteiger partial charge on any atom is -0.320 e. The average Bonchev–Trinajstić information content (AvgIpc) is 2.09. The molecule has 0 unspecified atom stereocenters. The van der Waals surface area contributed by atoms with Crippen LogP contribution in [0.3, 0.4) is 0 Å². The molecule has 3 heteroatoms. The van der Waals surface area contributed by atoms with Crippen LogP contribution in [0.4, 0.5) is 4.39 Å². The smallest absolute Gasteiger partial charge is 0.103 e. The van der Waals surface area contributed by atoms with Crippen LogP contribution in [0.5, 0.6) is 0 Å². The number of hydrogen-bond donors (Lipinski definition) is 1. The van der Waals surface area contributed by atoms with Gasteiger partial charge in [0.15, 0.2) is 0 Å². The molecular formula is C9H19FN2. The zero-order chi connectivity index (χ0) is 8.81. The first-order valence-corrected chi connectivity index (χ1v) is 4.84. The minimum absolute atomic E-state index is 0.537. The van der Waals surface area contributed by atoms with E-state index in [1.54, 1.807) is 0 Å². The molecule has 0 atom stereocenters. The van der Waals surface area contributed by atoms with Gasteiger partial charge in [-0.2, -0.15) is 0 Å². The Morgan fingerprint density at radius 3 is 2.67 bits per heavy atom. The summed E-state index contributed by atoms with van der Waals surface area (Å²) in [5.41, 5.74) is 0. The highest BCUT2D eigenvalue weighted by Crippen LogP contribution is 2.12. The van der Waals surface area contributed by atoms with E-state index < -0.39 is 6.17 Å². The Bertz CT molecular complexity index is 111. The number of nitrogens with one attached hydrogen (secondary N) is 1. The van der Waals surface area contributed by atoms with Gasteiger partial charge in [-0.05, 0) is 39.4 Å². The van der Waals surface area contributed by atoms with Crippen LogP contribution in [0.15, 0.2) is 0 Å². The molecule has 1 fully saturated rings. The first-order valence-electron chi connectivity index (χ1n) is 4.84. The van der Waals surface area contributed by atoms with Gasteiger partial charge in [0, 0.05) is 13.1 Å². The lowest BCUT2D eigenvalue weighted by atomic mass is 10.1. The Balaban J connectivity index is 2.01. The van der Waals surface area contributed by atoms with Crippen molar-refractivity contribution in [2.24, 2.45) is 0 Å². The number of alkyl halides is 1. The molecule has 0 aromatic heterocycles. The predicted octanol–water partition coefficient (Wildman–Crippen LogP) is 1.03. The van der Waals surface area contributed by atoms with Gasteiger partial charge in [-0.3, -0.25) is 0 Å². The molecule has 1 aliphatic rings. The fourth-order valence-corrected chi connectivity index (χ4v) is 1.60. The average molecular weight is 174 g/mol. The maximum atomic E-state index is 12.7. The Hall–Kier alpha value is -0.150. The molecule has 0 aromatic carbocycles. The summed E-state index contributed by atoms with van der Waals surface area (Å²) in [4.78, 5) is 2.35. The molecule has 0 bridgehead atoms. The molecule has 0 radical (unpaired) electrons. The molecular weight excluding hydrogens is 155 g/mol. The minimum atomic E-state index is -0.537. The topological polar surface area (TPSA) is 15.3 Å². The largest absolute Gasteiger partial charge is 0.320 e. The Morgan fingerprint density at radius 1 is 1.42 bits per heavy atom. The molecule has 12 heavy (non-hydrogen) atoms. The van der Waals surface area contributed by atoms with Crippen LogP contribution < -0.4 is 5.32 Å². The van der Waals surface area contributed by atoms with Crippen LogP contribution in [0.25, 0.3) is 0 Å². The van der Waals surface area contributed by atoms with Gasteiger partial charge in [0.2, 0.25) is 0 Å². The molecule has 0 aromatic rings. The van der Waals surface area contributed by atoms with Crippen molar-refractivity contribution < 1.29 is 4.39 Å². The van der Waals surface area contributed by atoms with Crippen LogP contribution in [0, 0.1) is 0 Å². The molecule has 0 aliphatic carbocycles. The molecule has 1 N–H and O–H groups in total. The molecule has 1 rings (SSSR count). The summed E-state index contributed by atoms with van der Waals surface area (Å²) in [6, 6.07) is 0. The van der Waals surface area contributed by atoms with Crippen LogP contribution >= 0.6 is 0 Å². The number of likely N-dealkylation sites (tertiary alicyclic amines) is 1. The van der Waals surface area contributed by atoms with E-state index in [1.165, 1.54) is 6.42 Å². The lowest BCUT2D eigenvalue weighted by molar-refractivity contribution is 0.150. The van der Waals surface area contributed by atoms with Gasteiger partial charge in [-0.1, -0.05) is 0 Å². The normalized spacial score (nSPS) is 21.5. The summed E-state index contributed by atoms with van der Waals surface area (Å²) in [7, 11) is 1.97. The quantitative estimate of drug-likeness (QED) is 0.640. The maximum Gasteiger partial charge on any atom is 0.103 e. The molecule has 1 heterocycles. The van der Waals surface area contributed by atoms with E-state index in [9.17, 15) is 4.39 Å². The van der Waals surface area contributed by atoms with Crippen LogP contribution in [0.2, 0.25) is 0 Å². The van der Waals surface area contributed by atoms with Gasteiger partial charge in [0.05, 0.1) is 0 Å². The van der Waals surface area contributed by atoms with Crippen molar-refractivity contribution in [2.45, 2.75) is 25.4 Å². The van der Waals surface area contributed by atoms with E-state index in [1.807, 2.05) is 7.05 Å².